The Hall–Kier alpha value is -1.31. The lowest BCUT2D eigenvalue weighted by Gasteiger charge is -2.30. The third kappa shape index (κ3) is 2.20. The molecule has 0 spiro atoms. The summed E-state index contributed by atoms with van der Waals surface area (Å²) >= 11 is 0. The van der Waals surface area contributed by atoms with Crippen molar-refractivity contribution >= 4 is 11.5 Å². The molecule has 0 aromatic heterocycles. The largest absolute Gasteiger partial charge is 0.364 e. The van der Waals surface area contributed by atoms with Crippen LogP contribution in [0.25, 0.3) is 0 Å². The number of Topliss-reactive ketones (excluding diaryl/α,β-unsaturated/α-hetero) is 1. The second-order valence-corrected chi connectivity index (χ2v) is 4.36. The van der Waals surface area contributed by atoms with Gasteiger partial charge in [-0.15, -0.1) is 0 Å². The molecule has 0 fully saturated rings. The molecule has 0 aliphatic carbocycles. The minimum Gasteiger partial charge on any atom is -0.364 e. The van der Waals surface area contributed by atoms with E-state index in [0.29, 0.717) is 6.54 Å². The fraction of sp³-hybridized carbons (Fsp3) is 0.462. The molecular weight excluding hydrogens is 186 g/mol. The van der Waals surface area contributed by atoms with E-state index in [1.165, 1.54) is 16.8 Å². The summed E-state index contributed by atoms with van der Waals surface area (Å²) in [4.78, 5) is 13.3. The molecule has 2 heteroatoms. The van der Waals surface area contributed by atoms with Gasteiger partial charge in [-0.2, -0.15) is 0 Å². The normalized spacial score (nSPS) is 14.9. The number of rotatable bonds is 2. The summed E-state index contributed by atoms with van der Waals surface area (Å²) in [6.45, 7) is 5.33. The van der Waals surface area contributed by atoms with Crippen LogP contribution < -0.4 is 4.90 Å². The zero-order valence-corrected chi connectivity index (χ0v) is 9.42. The summed E-state index contributed by atoms with van der Waals surface area (Å²) in [6.07, 6.45) is 2.30. The highest BCUT2D eigenvalue weighted by Gasteiger charge is 2.17. The molecular formula is C13H17NO. The van der Waals surface area contributed by atoms with Gasteiger partial charge >= 0.3 is 0 Å². The molecule has 0 saturated heterocycles. The second-order valence-electron chi connectivity index (χ2n) is 4.36. The minimum atomic E-state index is 0.239. The minimum absolute atomic E-state index is 0.239. The number of anilines is 1. The first-order valence-electron chi connectivity index (χ1n) is 5.51. The molecule has 0 N–H and O–H groups in total. The van der Waals surface area contributed by atoms with Crippen molar-refractivity contribution < 1.29 is 4.79 Å². The van der Waals surface area contributed by atoms with E-state index in [1.54, 1.807) is 6.92 Å². The maximum atomic E-state index is 11.1. The Bertz CT molecular complexity index is 384. The van der Waals surface area contributed by atoms with Crippen molar-refractivity contribution in [2.45, 2.75) is 26.7 Å². The van der Waals surface area contributed by atoms with Gasteiger partial charge in [0.15, 0.2) is 0 Å². The zero-order chi connectivity index (χ0) is 10.8. The second kappa shape index (κ2) is 4.05. The van der Waals surface area contributed by atoms with Crippen LogP contribution in [0.5, 0.6) is 0 Å². The molecule has 0 amide bonds. The SMILES string of the molecule is CC(=O)CN1CCCc2cc(C)ccc21. The van der Waals surface area contributed by atoms with Gasteiger partial charge in [0.25, 0.3) is 0 Å². The summed E-state index contributed by atoms with van der Waals surface area (Å²) in [7, 11) is 0. The van der Waals surface area contributed by atoms with Gasteiger partial charge < -0.3 is 4.90 Å². The monoisotopic (exact) mass is 203 g/mol. The van der Waals surface area contributed by atoms with Gasteiger partial charge in [-0.05, 0) is 38.3 Å². The fourth-order valence-electron chi connectivity index (χ4n) is 2.24. The molecule has 0 unspecified atom stereocenters. The highest BCUT2D eigenvalue weighted by Crippen LogP contribution is 2.27. The number of nitrogens with zero attached hydrogens (tertiary/aromatic N) is 1. The average Bonchev–Trinajstić information content (AvgIpc) is 2.16. The summed E-state index contributed by atoms with van der Waals surface area (Å²) in [5.41, 5.74) is 3.95. The lowest BCUT2D eigenvalue weighted by atomic mass is 9.99. The Morgan fingerprint density at radius 1 is 1.47 bits per heavy atom. The van der Waals surface area contributed by atoms with Gasteiger partial charge in [0.1, 0.15) is 5.78 Å². The molecule has 0 radical (unpaired) electrons. The standard InChI is InChI=1S/C13H17NO/c1-10-5-6-13-12(8-10)4-3-7-14(13)9-11(2)15/h5-6,8H,3-4,7,9H2,1-2H3. The van der Waals surface area contributed by atoms with Crippen molar-refractivity contribution in [3.8, 4) is 0 Å². The van der Waals surface area contributed by atoms with Gasteiger partial charge in [0.05, 0.1) is 6.54 Å². The average molecular weight is 203 g/mol. The van der Waals surface area contributed by atoms with Crippen molar-refractivity contribution in [2.24, 2.45) is 0 Å². The lowest BCUT2D eigenvalue weighted by molar-refractivity contribution is -0.115. The number of ketones is 1. The van der Waals surface area contributed by atoms with Crippen LogP contribution in [0.1, 0.15) is 24.5 Å². The predicted molar refractivity (Wildman–Crippen MR) is 62.4 cm³/mol. The van der Waals surface area contributed by atoms with Gasteiger partial charge in [0.2, 0.25) is 0 Å². The van der Waals surface area contributed by atoms with Gasteiger partial charge in [-0.1, -0.05) is 17.7 Å². The number of hydrogen-bond donors (Lipinski definition) is 0. The number of hydrogen-bond acceptors (Lipinski definition) is 2. The Labute approximate surface area is 90.9 Å². The van der Waals surface area contributed by atoms with E-state index >= 15 is 0 Å². The smallest absolute Gasteiger partial charge is 0.149 e. The van der Waals surface area contributed by atoms with E-state index in [2.05, 4.69) is 30.0 Å². The van der Waals surface area contributed by atoms with Crippen LogP contribution in [0.4, 0.5) is 5.69 Å². The van der Waals surface area contributed by atoms with Crippen molar-refractivity contribution in [1.29, 1.82) is 0 Å². The maximum Gasteiger partial charge on any atom is 0.149 e. The van der Waals surface area contributed by atoms with Crippen molar-refractivity contribution in [3.63, 3.8) is 0 Å². The fourth-order valence-corrected chi connectivity index (χ4v) is 2.24. The zero-order valence-electron chi connectivity index (χ0n) is 9.42. The predicted octanol–water partition coefficient (Wildman–Crippen LogP) is 2.34. The summed E-state index contributed by atoms with van der Waals surface area (Å²) in [5.74, 6) is 0.239. The van der Waals surface area contributed by atoms with Crippen molar-refractivity contribution in [1.82, 2.24) is 0 Å². The maximum absolute atomic E-state index is 11.1. The first kappa shape index (κ1) is 10.2. The van der Waals surface area contributed by atoms with Crippen LogP contribution in [-0.2, 0) is 11.2 Å². The van der Waals surface area contributed by atoms with Gasteiger partial charge in [-0.3, -0.25) is 4.79 Å². The first-order chi connectivity index (χ1) is 7.16. The van der Waals surface area contributed by atoms with Crippen LogP contribution in [0.2, 0.25) is 0 Å². The van der Waals surface area contributed by atoms with Crippen molar-refractivity contribution in [3.05, 3.63) is 29.3 Å². The van der Waals surface area contributed by atoms with E-state index in [9.17, 15) is 4.79 Å². The van der Waals surface area contributed by atoms with E-state index < -0.39 is 0 Å². The summed E-state index contributed by atoms with van der Waals surface area (Å²) in [6, 6.07) is 6.51. The molecule has 1 aromatic carbocycles. The van der Waals surface area contributed by atoms with E-state index in [0.717, 1.165) is 19.4 Å². The summed E-state index contributed by atoms with van der Waals surface area (Å²) < 4.78 is 0. The highest BCUT2D eigenvalue weighted by atomic mass is 16.1. The van der Waals surface area contributed by atoms with Gasteiger partial charge in [0, 0.05) is 12.2 Å². The van der Waals surface area contributed by atoms with Crippen LogP contribution in [0.3, 0.4) is 0 Å². The Morgan fingerprint density at radius 3 is 3.00 bits per heavy atom. The molecule has 1 aromatic rings. The molecule has 1 aliphatic rings. The third-order valence-electron chi connectivity index (χ3n) is 2.86. The molecule has 2 rings (SSSR count). The van der Waals surface area contributed by atoms with Crippen LogP contribution in [-0.4, -0.2) is 18.9 Å². The van der Waals surface area contributed by atoms with Crippen LogP contribution in [0, 0.1) is 6.92 Å². The first-order valence-corrected chi connectivity index (χ1v) is 5.51. The summed E-state index contributed by atoms with van der Waals surface area (Å²) in [5, 5.41) is 0. The number of fused-ring (bicyclic) bond motifs is 1. The van der Waals surface area contributed by atoms with E-state index in [4.69, 9.17) is 0 Å². The molecule has 0 bridgehead atoms. The number of aryl methyl sites for hydroxylation is 2. The Balaban J connectivity index is 2.30. The molecule has 1 heterocycles. The number of carbonyl (C=O) groups is 1. The molecule has 15 heavy (non-hydrogen) atoms. The Morgan fingerprint density at radius 2 is 2.27 bits per heavy atom. The van der Waals surface area contributed by atoms with Crippen LogP contribution >= 0.6 is 0 Å². The Kier molecular flexibility index (Phi) is 2.76. The molecule has 80 valence electrons. The molecule has 1 aliphatic heterocycles. The third-order valence-corrected chi connectivity index (χ3v) is 2.86. The number of benzene rings is 1. The highest BCUT2D eigenvalue weighted by molar-refractivity contribution is 5.81. The van der Waals surface area contributed by atoms with E-state index in [1.807, 2.05) is 0 Å². The van der Waals surface area contributed by atoms with Gasteiger partial charge in [-0.25, -0.2) is 0 Å². The quantitative estimate of drug-likeness (QED) is 0.735. The molecule has 0 atom stereocenters. The van der Waals surface area contributed by atoms with Crippen molar-refractivity contribution in [2.75, 3.05) is 18.0 Å². The topological polar surface area (TPSA) is 20.3 Å². The van der Waals surface area contributed by atoms with Crippen LogP contribution in [0.15, 0.2) is 18.2 Å². The number of carbonyl (C=O) groups excluding carboxylic acids is 1. The molecule has 2 nitrogen and oxygen atoms in total. The lowest BCUT2D eigenvalue weighted by Crippen LogP contribution is -2.33. The van der Waals surface area contributed by atoms with E-state index in [-0.39, 0.29) is 5.78 Å². The molecule has 0 saturated carbocycles.